The smallest absolute Gasteiger partial charge is 0.323 e. The van der Waals surface area contributed by atoms with Crippen LogP contribution >= 0.6 is 0 Å². The van der Waals surface area contributed by atoms with E-state index in [4.69, 9.17) is 14.6 Å². The van der Waals surface area contributed by atoms with E-state index in [0.717, 1.165) is 5.56 Å². The summed E-state index contributed by atoms with van der Waals surface area (Å²) >= 11 is 0. The van der Waals surface area contributed by atoms with Crippen LogP contribution in [0.25, 0.3) is 0 Å². The summed E-state index contributed by atoms with van der Waals surface area (Å²) in [7, 11) is 3.14. The largest absolute Gasteiger partial charge is 0.493 e. The number of rotatable bonds is 9. The van der Waals surface area contributed by atoms with Gasteiger partial charge in [0, 0.05) is 26.1 Å². The minimum absolute atomic E-state index is 0.0831. The molecule has 0 spiro atoms. The summed E-state index contributed by atoms with van der Waals surface area (Å²) in [6, 6.07) is 5.60. The molecule has 148 valence electrons. The van der Waals surface area contributed by atoms with Crippen LogP contribution in [0, 0.1) is 5.92 Å². The average Bonchev–Trinajstić information content (AvgIpc) is 3.04. The minimum atomic E-state index is -1.06. The number of hydrogen-bond acceptors (Lipinski definition) is 5. The molecule has 8 heteroatoms. The molecule has 1 fully saturated rings. The molecule has 8 nitrogen and oxygen atoms in total. The van der Waals surface area contributed by atoms with Crippen LogP contribution in [0.15, 0.2) is 18.2 Å². The van der Waals surface area contributed by atoms with Gasteiger partial charge in [0.1, 0.15) is 6.54 Å². The third kappa shape index (κ3) is 5.12. The van der Waals surface area contributed by atoms with Crippen molar-refractivity contribution in [3.8, 4) is 11.5 Å². The Hall–Kier alpha value is -2.77. The molecule has 1 unspecified atom stereocenters. The SMILES string of the molecule is CCN(CC(=O)O)C(=O)C1CC(=O)N(CCc2ccc(OC)c(OC)c2)C1. The van der Waals surface area contributed by atoms with E-state index in [1.165, 1.54) is 4.90 Å². The van der Waals surface area contributed by atoms with Crippen LogP contribution in [0.3, 0.4) is 0 Å². The first-order valence-corrected chi connectivity index (χ1v) is 8.88. The number of hydrogen-bond donors (Lipinski definition) is 1. The fourth-order valence-corrected chi connectivity index (χ4v) is 3.22. The summed E-state index contributed by atoms with van der Waals surface area (Å²) in [4.78, 5) is 38.6. The molecule has 1 aliphatic rings. The van der Waals surface area contributed by atoms with Crippen LogP contribution in [-0.2, 0) is 20.8 Å². The number of aliphatic carboxylic acids is 1. The summed E-state index contributed by atoms with van der Waals surface area (Å²) in [6.45, 7) is 2.50. The lowest BCUT2D eigenvalue weighted by Gasteiger charge is -2.22. The van der Waals surface area contributed by atoms with Gasteiger partial charge in [0.2, 0.25) is 11.8 Å². The van der Waals surface area contributed by atoms with E-state index >= 15 is 0 Å². The number of carbonyl (C=O) groups excluding carboxylic acids is 2. The molecule has 0 saturated carbocycles. The van der Waals surface area contributed by atoms with Gasteiger partial charge in [-0.25, -0.2) is 0 Å². The molecule has 0 aliphatic carbocycles. The molecule has 1 saturated heterocycles. The fraction of sp³-hybridized carbons (Fsp3) is 0.526. The molecule has 0 bridgehead atoms. The first kappa shape index (κ1) is 20.5. The highest BCUT2D eigenvalue weighted by atomic mass is 16.5. The summed E-state index contributed by atoms with van der Waals surface area (Å²) < 4.78 is 10.5. The molecular weight excluding hydrogens is 352 g/mol. The number of carboxylic acid groups (broad SMARTS) is 1. The number of methoxy groups -OCH3 is 2. The van der Waals surface area contributed by atoms with Gasteiger partial charge >= 0.3 is 5.97 Å². The maximum atomic E-state index is 12.5. The number of likely N-dealkylation sites (tertiary alicyclic amines) is 1. The topological polar surface area (TPSA) is 96.4 Å². The van der Waals surface area contributed by atoms with E-state index in [1.54, 1.807) is 26.0 Å². The van der Waals surface area contributed by atoms with E-state index in [0.29, 0.717) is 37.6 Å². The average molecular weight is 378 g/mol. The molecule has 27 heavy (non-hydrogen) atoms. The number of nitrogens with zero attached hydrogens (tertiary/aromatic N) is 2. The van der Waals surface area contributed by atoms with Crippen LogP contribution < -0.4 is 9.47 Å². The van der Waals surface area contributed by atoms with Crippen molar-refractivity contribution in [1.29, 1.82) is 0 Å². The van der Waals surface area contributed by atoms with Gasteiger partial charge in [-0.05, 0) is 31.0 Å². The van der Waals surface area contributed by atoms with Crippen molar-refractivity contribution in [3.63, 3.8) is 0 Å². The molecule has 1 aliphatic heterocycles. The lowest BCUT2D eigenvalue weighted by atomic mass is 10.1. The Kier molecular flexibility index (Phi) is 7.04. The van der Waals surface area contributed by atoms with Crippen molar-refractivity contribution in [2.75, 3.05) is 40.4 Å². The van der Waals surface area contributed by atoms with Gasteiger partial charge < -0.3 is 24.4 Å². The van der Waals surface area contributed by atoms with Gasteiger partial charge in [-0.3, -0.25) is 14.4 Å². The van der Waals surface area contributed by atoms with E-state index < -0.39 is 11.9 Å². The Balaban J connectivity index is 1.96. The zero-order chi connectivity index (χ0) is 20.0. The highest BCUT2D eigenvalue weighted by Crippen LogP contribution is 2.28. The lowest BCUT2D eigenvalue weighted by molar-refractivity contribution is -0.146. The molecule has 2 amide bonds. The normalized spacial score (nSPS) is 16.3. The van der Waals surface area contributed by atoms with Crippen LogP contribution in [0.1, 0.15) is 18.9 Å². The van der Waals surface area contributed by atoms with Gasteiger partial charge in [0.15, 0.2) is 11.5 Å². The molecule has 0 radical (unpaired) electrons. The van der Waals surface area contributed by atoms with Gasteiger partial charge in [0.05, 0.1) is 20.1 Å². The Labute approximate surface area is 158 Å². The Morgan fingerprint density at radius 3 is 2.56 bits per heavy atom. The monoisotopic (exact) mass is 378 g/mol. The molecule has 0 aromatic heterocycles. The second-order valence-electron chi connectivity index (χ2n) is 6.43. The van der Waals surface area contributed by atoms with Crippen LogP contribution in [0.5, 0.6) is 11.5 Å². The summed E-state index contributed by atoms with van der Waals surface area (Å²) in [5, 5.41) is 8.91. The number of carbonyl (C=O) groups is 3. The number of ether oxygens (including phenoxy) is 2. The zero-order valence-electron chi connectivity index (χ0n) is 15.9. The Morgan fingerprint density at radius 2 is 1.96 bits per heavy atom. The molecule has 2 rings (SSSR count). The fourth-order valence-electron chi connectivity index (χ4n) is 3.22. The first-order chi connectivity index (χ1) is 12.9. The molecule has 1 aromatic carbocycles. The van der Waals surface area contributed by atoms with Crippen molar-refractivity contribution in [2.45, 2.75) is 19.8 Å². The first-order valence-electron chi connectivity index (χ1n) is 8.88. The summed E-state index contributed by atoms with van der Waals surface area (Å²) in [5.74, 6) is -0.630. The van der Waals surface area contributed by atoms with Crippen molar-refractivity contribution < 1.29 is 29.0 Å². The van der Waals surface area contributed by atoms with Gasteiger partial charge in [0.25, 0.3) is 0 Å². The highest BCUT2D eigenvalue weighted by Gasteiger charge is 2.36. The van der Waals surface area contributed by atoms with Gasteiger partial charge in [-0.15, -0.1) is 0 Å². The van der Waals surface area contributed by atoms with Gasteiger partial charge in [-0.1, -0.05) is 6.07 Å². The van der Waals surface area contributed by atoms with Crippen molar-refractivity contribution in [2.24, 2.45) is 5.92 Å². The van der Waals surface area contributed by atoms with Crippen molar-refractivity contribution in [3.05, 3.63) is 23.8 Å². The van der Waals surface area contributed by atoms with E-state index in [2.05, 4.69) is 0 Å². The Morgan fingerprint density at radius 1 is 1.26 bits per heavy atom. The number of carboxylic acids is 1. The third-order valence-corrected chi connectivity index (χ3v) is 4.70. The highest BCUT2D eigenvalue weighted by molar-refractivity contribution is 5.90. The number of amides is 2. The van der Waals surface area contributed by atoms with Crippen molar-refractivity contribution >= 4 is 17.8 Å². The number of likely N-dealkylation sites (N-methyl/N-ethyl adjacent to an activating group) is 1. The maximum absolute atomic E-state index is 12.5. The summed E-state index contributed by atoms with van der Waals surface area (Å²) in [6.07, 6.45) is 0.751. The second-order valence-corrected chi connectivity index (χ2v) is 6.43. The van der Waals surface area contributed by atoms with Gasteiger partial charge in [-0.2, -0.15) is 0 Å². The van der Waals surface area contributed by atoms with E-state index in [1.807, 2.05) is 18.2 Å². The molecule has 1 atom stereocenters. The standard InChI is InChI=1S/C19H26N2O6/c1-4-20(12-18(23)24)19(25)14-10-17(22)21(11-14)8-7-13-5-6-15(26-2)16(9-13)27-3/h5-6,9,14H,4,7-8,10-12H2,1-3H3,(H,23,24). The molecule has 1 heterocycles. The molecule has 1 aromatic rings. The van der Waals surface area contributed by atoms with E-state index in [-0.39, 0.29) is 24.8 Å². The zero-order valence-corrected chi connectivity index (χ0v) is 15.9. The quantitative estimate of drug-likeness (QED) is 0.689. The Bertz CT molecular complexity index is 705. The van der Waals surface area contributed by atoms with Crippen LogP contribution in [0.4, 0.5) is 0 Å². The molecular formula is C19H26N2O6. The predicted molar refractivity (Wildman–Crippen MR) is 97.8 cm³/mol. The van der Waals surface area contributed by atoms with Crippen LogP contribution in [-0.4, -0.2) is 73.1 Å². The van der Waals surface area contributed by atoms with Crippen LogP contribution in [0.2, 0.25) is 0 Å². The predicted octanol–water partition coefficient (Wildman–Crippen LogP) is 1.03. The minimum Gasteiger partial charge on any atom is -0.493 e. The lowest BCUT2D eigenvalue weighted by Crippen LogP contribution is -2.40. The maximum Gasteiger partial charge on any atom is 0.323 e. The second kappa shape index (κ2) is 9.25. The summed E-state index contributed by atoms with van der Waals surface area (Å²) in [5.41, 5.74) is 0.997. The van der Waals surface area contributed by atoms with Crippen molar-refractivity contribution in [1.82, 2.24) is 9.80 Å². The van der Waals surface area contributed by atoms with E-state index in [9.17, 15) is 14.4 Å². The number of benzene rings is 1. The molecule has 1 N–H and O–H groups in total. The third-order valence-electron chi connectivity index (χ3n) is 4.70.